The minimum Gasteiger partial charge on any atom is -0.372 e. The highest BCUT2D eigenvalue weighted by molar-refractivity contribution is 7.13. The van der Waals surface area contributed by atoms with Crippen molar-refractivity contribution in [2.45, 2.75) is 33.0 Å². The van der Waals surface area contributed by atoms with Crippen LogP contribution in [0.4, 0.5) is 10.1 Å². The predicted molar refractivity (Wildman–Crippen MR) is 97.4 cm³/mol. The largest absolute Gasteiger partial charge is 0.372 e. The number of carbonyl (C=O) groups excluding carboxylic acids is 1. The van der Waals surface area contributed by atoms with Gasteiger partial charge in [-0.15, -0.1) is 11.3 Å². The number of thiazole rings is 1. The average molecular weight is 375 g/mol. The molecule has 26 heavy (non-hydrogen) atoms. The summed E-state index contributed by atoms with van der Waals surface area (Å²) in [6.07, 6.45) is 0.566. The van der Waals surface area contributed by atoms with E-state index >= 15 is 4.39 Å². The van der Waals surface area contributed by atoms with Crippen molar-refractivity contribution in [3.8, 4) is 10.6 Å². The summed E-state index contributed by atoms with van der Waals surface area (Å²) in [6, 6.07) is 1.65. The maximum Gasteiger partial charge on any atom is 0.205 e. The third-order valence-electron chi connectivity index (χ3n) is 4.53. The minimum absolute atomic E-state index is 0.0557. The van der Waals surface area contributed by atoms with Crippen molar-refractivity contribution in [1.82, 2.24) is 10.1 Å². The molecule has 8 heteroatoms. The van der Waals surface area contributed by atoms with Crippen molar-refractivity contribution < 1.29 is 18.4 Å². The Bertz CT molecular complexity index is 974. The van der Waals surface area contributed by atoms with Gasteiger partial charge in [0.05, 0.1) is 39.4 Å². The lowest BCUT2D eigenvalue weighted by atomic mass is 10.0. The highest BCUT2D eigenvalue weighted by Crippen LogP contribution is 2.38. The van der Waals surface area contributed by atoms with Gasteiger partial charge >= 0.3 is 0 Å². The number of aldehydes is 1. The van der Waals surface area contributed by atoms with Gasteiger partial charge in [-0.2, -0.15) is 0 Å². The minimum atomic E-state index is -0.563. The van der Waals surface area contributed by atoms with Crippen LogP contribution in [0.3, 0.4) is 0 Å². The van der Waals surface area contributed by atoms with E-state index in [2.05, 4.69) is 10.1 Å². The van der Waals surface area contributed by atoms with Gasteiger partial charge in [0.1, 0.15) is 5.69 Å². The Hall–Kier alpha value is -2.32. The zero-order valence-electron chi connectivity index (χ0n) is 14.7. The standard InChI is InChI=1S/C18H18FN3O3S/c1-9-5-22(6-10(2)24-9)16-12(7-23)4-13-15(18-11(3)20-8-26-18)21-25-17(13)14(16)19/h4,7-10H,5-6H2,1-3H3/t9-,10+. The summed E-state index contributed by atoms with van der Waals surface area (Å²) in [4.78, 5) is 18.6. The molecular weight excluding hydrogens is 357 g/mol. The molecule has 0 spiro atoms. The third-order valence-corrected chi connectivity index (χ3v) is 5.47. The lowest BCUT2D eigenvalue weighted by molar-refractivity contribution is -0.00543. The highest BCUT2D eigenvalue weighted by atomic mass is 32.1. The van der Waals surface area contributed by atoms with E-state index in [0.29, 0.717) is 30.5 Å². The number of rotatable bonds is 3. The van der Waals surface area contributed by atoms with E-state index in [9.17, 15) is 4.79 Å². The van der Waals surface area contributed by atoms with Gasteiger partial charge in [-0.3, -0.25) is 4.79 Å². The van der Waals surface area contributed by atoms with Gasteiger partial charge in [-0.1, -0.05) is 5.16 Å². The molecule has 1 aliphatic heterocycles. The van der Waals surface area contributed by atoms with Gasteiger partial charge in [-0.05, 0) is 26.8 Å². The van der Waals surface area contributed by atoms with E-state index in [1.165, 1.54) is 11.3 Å². The molecule has 0 radical (unpaired) electrons. The number of carbonyl (C=O) groups is 1. The van der Waals surface area contributed by atoms with Crippen LogP contribution in [0.15, 0.2) is 16.1 Å². The molecule has 0 unspecified atom stereocenters. The molecule has 0 N–H and O–H groups in total. The van der Waals surface area contributed by atoms with E-state index < -0.39 is 5.82 Å². The molecule has 0 bridgehead atoms. The van der Waals surface area contributed by atoms with Gasteiger partial charge < -0.3 is 14.2 Å². The number of anilines is 1. The number of aromatic nitrogens is 2. The average Bonchev–Trinajstić information content (AvgIpc) is 3.19. The second kappa shape index (κ2) is 6.44. The lowest BCUT2D eigenvalue weighted by Crippen LogP contribution is -2.46. The second-order valence-electron chi connectivity index (χ2n) is 6.58. The molecule has 1 fully saturated rings. The number of hydrogen-bond donors (Lipinski definition) is 0. The Morgan fingerprint density at radius 1 is 1.35 bits per heavy atom. The first-order valence-corrected chi connectivity index (χ1v) is 9.25. The lowest BCUT2D eigenvalue weighted by Gasteiger charge is -2.37. The first-order chi connectivity index (χ1) is 12.5. The maximum atomic E-state index is 15.3. The molecule has 1 aromatic carbocycles. The first kappa shape index (κ1) is 17.1. The van der Waals surface area contributed by atoms with E-state index in [1.807, 2.05) is 25.7 Å². The molecule has 3 heterocycles. The number of halogens is 1. The van der Waals surface area contributed by atoms with E-state index in [-0.39, 0.29) is 29.0 Å². The molecular formula is C18H18FN3O3S. The number of benzene rings is 1. The van der Waals surface area contributed by atoms with Gasteiger partial charge in [0, 0.05) is 18.7 Å². The zero-order chi connectivity index (χ0) is 18.4. The SMILES string of the molecule is Cc1ncsc1-c1noc2c(F)c(N3C[C@@H](C)O[C@@H](C)C3)c(C=O)cc12. The molecule has 136 valence electrons. The van der Waals surface area contributed by atoms with Gasteiger partial charge in [-0.25, -0.2) is 9.37 Å². The number of fused-ring (bicyclic) bond motifs is 1. The van der Waals surface area contributed by atoms with E-state index in [0.717, 1.165) is 10.6 Å². The molecule has 2 atom stereocenters. The number of ether oxygens (including phenoxy) is 1. The van der Waals surface area contributed by atoms with Crippen molar-refractivity contribution in [2.75, 3.05) is 18.0 Å². The fourth-order valence-electron chi connectivity index (χ4n) is 3.51. The van der Waals surface area contributed by atoms with E-state index in [1.54, 1.807) is 11.6 Å². The third kappa shape index (κ3) is 2.69. The number of aryl methyl sites for hydroxylation is 1. The summed E-state index contributed by atoms with van der Waals surface area (Å²) in [7, 11) is 0. The Balaban J connectivity index is 1.89. The molecule has 0 aliphatic carbocycles. The van der Waals surface area contributed by atoms with Crippen molar-refractivity contribution in [2.24, 2.45) is 0 Å². The van der Waals surface area contributed by atoms with Crippen LogP contribution in [0.25, 0.3) is 21.5 Å². The van der Waals surface area contributed by atoms with Crippen LogP contribution in [0.2, 0.25) is 0 Å². The molecule has 1 aliphatic rings. The topological polar surface area (TPSA) is 68.5 Å². The number of nitrogens with zero attached hydrogens (tertiary/aromatic N) is 3. The van der Waals surface area contributed by atoms with Gasteiger partial charge in [0.15, 0.2) is 12.1 Å². The van der Waals surface area contributed by atoms with E-state index in [4.69, 9.17) is 9.26 Å². The Morgan fingerprint density at radius 3 is 2.69 bits per heavy atom. The van der Waals surface area contributed by atoms with Crippen LogP contribution >= 0.6 is 11.3 Å². The van der Waals surface area contributed by atoms with Gasteiger partial charge in [0.2, 0.25) is 5.58 Å². The van der Waals surface area contributed by atoms with Crippen molar-refractivity contribution in [1.29, 1.82) is 0 Å². The van der Waals surface area contributed by atoms with Crippen LogP contribution < -0.4 is 4.90 Å². The normalized spacial score (nSPS) is 20.7. The maximum absolute atomic E-state index is 15.3. The quantitative estimate of drug-likeness (QED) is 0.648. The monoisotopic (exact) mass is 375 g/mol. The molecule has 0 saturated carbocycles. The van der Waals surface area contributed by atoms with Crippen LogP contribution in [-0.2, 0) is 4.74 Å². The van der Waals surface area contributed by atoms with Crippen molar-refractivity contribution in [3.05, 3.63) is 28.7 Å². The Morgan fingerprint density at radius 2 is 2.08 bits per heavy atom. The molecule has 6 nitrogen and oxygen atoms in total. The zero-order valence-corrected chi connectivity index (χ0v) is 15.5. The summed E-state index contributed by atoms with van der Waals surface area (Å²) in [5.74, 6) is -0.563. The summed E-state index contributed by atoms with van der Waals surface area (Å²) in [6.45, 7) is 6.72. The van der Waals surface area contributed by atoms with Crippen LogP contribution in [0, 0.1) is 12.7 Å². The summed E-state index contributed by atoms with van der Waals surface area (Å²) in [5.41, 5.74) is 3.59. The summed E-state index contributed by atoms with van der Waals surface area (Å²) < 4.78 is 26.4. The molecule has 0 amide bonds. The molecule has 3 aromatic rings. The summed E-state index contributed by atoms with van der Waals surface area (Å²) in [5, 5.41) is 4.53. The van der Waals surface area contributed by atoms with Crippen LogP contribution in [-0.4, -0.2) is 41.7 Å². The predicted octanol–water partition coefficient (Wildman–Crippen LogP) is 3.82. The first-order valence-electron chi connectivity index (χ1n) is 8.37. The Kier molecular flexibility index (Phi) is 4.24. The number of morpholine rings is 1. The Labute approximate surface area is 153 Å². The molecule has 4 rings (SSSR count). The smallest absolute Gasteiger partial charge is 0.205 e. The van der Waals surface area contributed by atoms with Crippen molar-refractivity contribution in [3.63, 3.8) is 0 Å². The van der Waals surface area contributed by atoms with Gasteiger partial charge in [0.25, 0.3) is 0 Å². The number of hydrogen-bond acceptors (Lipinski definition) is 7. The highest BCUT2D eigenvalue weighted by Gasteiger charge is 2.29. The van der Waals surface area contributed by atoms with Crippen LogP contribution in [0.1, 0.15) is 29.9 Å². The fraction of sp³-hybridized carbons (Fsp3) is 0.389. The molecule has 2 aromatic heterocycles. The van der Waals surface area contributed by atoms with Crippen molar-refractivity contribution >= 4 is 34.3 Å². The second-order valence-corrected chi connectivity index (χ2v) is 7.44. The molecule has 1 saturated heterocycles. The van der Waals surface area contributed by atoms with Crippen LogP contribution in [0.5, 0.6) is 0 Å². The summed E-state index contributed by atoms with van der Waals surface area (Å²) >= 11 is 1.40. The fourth-order valence-corrected chi connectivity index (χ4v) is 4.31.